The molecule has 1 aromatic heterocycles. The van der Waals surface area contributed by atoms with Gasteiger partial charge in [0, 0.05) is 45.6 Å². The van der Waals surface area contributed by atoms with Gasteiger partial charge in [0.25, 0.3) is 5.91 Å². The lowest BCUT2D eigenvalue weighted by Crippen LogP contribution is -2.44. The predicted molar refractivity (Wildman–Crippen MR) is 98.3 cm³/mol. The highest BCUT2D eigenvalue weighted by molar-refractivity contribution is 5.93. The predicted octanol–water partition coefficient (Wildman–Crippen LogP) is 2.90. The summed E-state index contributed by atoms with van der Waals surface area (Å²) < 4.78 is 5.79. The van der Waals surface area contributed by atoms with Gasteiger partial charge in [0.1, 0.15) is 0 Å². The minimum Gasteiger partial charge on any atom is -0.373 e. The smallest absolute Gasteiger partial charge is 0.255 e. The van der Waals surface area contributed by atoms with Crippen LogP contribution in [0.25, 0.3) is 0 Å². The fourth-order valence-corrected chi connectivity index (χ4v) is 3.44. The molecule has 1 N–H and O–H groups in total. The first kappa shape index (κ1) is 17.7. The fraction of sp³-hybridized carbons (Fsp3) is 0.450. The van der Waals surface area contributed by atoms with E-state index in [0.29, 0.717) is 12.1 Å². The molecule has 1 aliphatic heterocycles. The van der Waals surface area contributed by atoms with Gasteiger partial charge >= 0.3 is 0 Å². The largest absolute Gasteiger partial charge is 0.373 e. The Morgan fingerprint density at radius 2 is 1.80 bits per heavy atom. The first-order valence-electron chi connectivity index (χ1n) is 8.85. The van der Waals surface area contributed by atoms with Crippen molar-refractivity contribution in [2.45, 2.75) is 39.1 Å². The van der Waals surface area contributed by atoms with Crippen LogP contribution >= 0.6 is 0 Å². The van der Waals surface area contributed by atoms with Crippen LogP contribution in [0.3, 0.4) is 0 Å². The van der Waals surface area contributed by atoms with Crippen molar-refractivity contribution in [2.75, 3.05) is 20.1 Å². The van der Waals surface area contributed by atoms with Crippen LogP contribution < -0.4 is 0 Å². The number of carbonyl (C=O) groups is 1. The van der Waals surface area contributed by atoms with E-state index in [1.54, 1.807) is 23.4 Å². The first-order chi connectivity index (χ1) is 12.0. The highest BCUT2D eigenvalue weighted by Crippen LogP contribution is 2.15. The number of nitrogens with one attached hydrogen (secondary N) is 1. The second kappa shape index (κ2) is 7.85. The molecule has 1 fully saturated rings. The van der Waals surface area contributed by atoms with E-state index in [9.17, 15) is 4.79 Å². The Kier molecular flexibility index (Phi) is 5.56. The Balaban J connectivity index is 1.56. The van der Waals surface area contributed by atoms with E-state index in [2.05, 4.69) is 48.0 Å². The molecule has 5 nitrogen and oxygen atoms in total. The van der Waals surface area contributed by atoms with Crippen molar-refractivity contribution in [3.8, 4) is 0 Å². The van der Waals surface area contributed by atoms with E-state index in [1.165, 1.54) is 5.56 Å². The van der Waals surface area contributed by atoms with Crippen LogP contribution in [0.2, 0.25) is 0 Å². The van der Waals surface area contributed by atoms with Crippen molar-refractivity contribution in [3.63, 3.8) is 0 Å². The average molecular weight is 341 g/mol. The number of aromatic nitrogens is 1. The number of hydrogen-bond acceptors (Lipinski definition) is 3. The van der Waals surface area contributed by atoms with Crippen molar-refractivity contribution in [2.24, 2.45) is 0 Å². The van der Waals surface area contributed by atoms with E-state index < -0.39 is 0 Å². The number of hydrogen-bond donors (Lipinski definition) is 1. The Labute approximate surface area is 149 Å². The van der Waals surface area contributed by atoms with Gasteiger partial charge in [0.2, 0.25) is 0 Å². The van der Waals surface area contributed by atoms with Crippen LogP contribution in [0.5, 0.6) is 0 Å². The minimum absolute atomic E-state index is 0.0293. The van der Waals surface area contributed by atoms with Gasteiger partial charge in [-0.25, -0.2) is 0 Å². The van der Waals surface area contributed by atoms with Crippen LogP contribution in [-0.2, 0) is 17.8 Å². The van der Waals surface area contributed by atoms with E-state index in [-0.39, 0.29) is 18.1 Å². The van der Waals surface area contributed by atoms with Crippen molar-refractivity contribution in [1.82, 2.24) is 14.8 Å². The minimum atomic E-state index is 0.0293. The molecule has 2 aromatic rings. The van der Waals surface area contributed by atoms with Gasteiger partial charge in [-0.1, -0.05) is 24.3 Å². The van der Waals surface area contributed by atoms with E-state index in [1.807, 2.05) is 7.05 Å². The van der Waals surface area contributed by atoms with Crippen molar-refractivity contribution < 1.29 is 9.53 Å². The third kappa shape index (κ3) is 4.71. The molecule has 134 valence electrons. The lowest BCUT2D eigenvalue weighted by Gasteiger charge is -2.35. The van der Waals surface area contributed by atoms with Gasteiger partial charge in [-0.3, -0.25) is 9.69 Å². The lowest BCUT2D eigenvalue weighted by molar-refractivity contribution is -0.0704. The molecule has 1 aliphatic rings. The summed E-state index contributed by atoms with van der Waals surface area (Å²) in [5, 5.41) is 0. The van der Waals surface area contributed by atoms with Crippen molar-refractivity contribution in [1.29, 1.82) is 0 Å². The quantitative estimate of drug-likeness (QED) is 0.910. The van der Waals surface area contributed by atoms with Crippen LogP contribution in [-0.4, -0.2) is 53.0 Å². The number of ether oxygens (including phenoxy) is 1. The topological polar surface area (TPSA) is 48.6 Å². The van der Waals surface area contributed by atoms with Crippen molar-refractivity contribution >= 4 is 5.91 Å². The summed E-state index contributed by atoms with van der Waals surface area (Å²) >= 11 is 0. The maximum Gasteiger partial charge on any atom is 0.255 e. The third-order valence-electron chi connectivity index (χ3n) is 4.54. The van der Waals surface area contributed by atoms with Gasteiger partial charge in [-0.2, -0.15) is 0 Å². The van der Waals surface area contributed by atoms with Crippen LogP contribution in [0.4, 0.5) is 0 Å². The molecular formula is C20H27N3O2. The monoisotopic (exact) mass is 341 g/mol. The SMILES string of the molecule is C[C@@H]1CN(Cc2ccc(CN(C)C(=O)c3cc[nH]c3)cc2)C[C@H](C)O1. The van der Waals surface area contributed by atoms with Crippen LogP contribution in [0, 0.1) is 0 Å². The Morgan fingerprint density at radius 1 is 1.16 bits per heavy atom. The number of rotatable bonds is 5. The standard InChI is InChI=1S/C20H27N3O2/c1-15-11-23(12-16(2)25-15)14-18-6-4-17(5-7-18)13-22(3)20(24)19-8-9-21-10-19/h4-10,15-16,21H,11-14H2,1-3H3/t15-,16+. The van der Waals surface area contributed by atoms with Gasteiger partial charge < -0.3 is 14.6 Å². The number of carbonyl (C=O) groups excluding carboxylic acids is 1. The van der Waals surface area contributed by atoms with E-state index in [0.717, 1.165) is 25.2 Å². The third-order valence-corrected chi connectivity index (χ3v) is 4.54. The summed E-state index contributed by atoms with van der Waals surface area (Å²) in [6, 6.07) is 10.4. The maximum atomic E-state index is 12.3. The van der Waals surface area contributed by atoms with Crippen molar-refractivity contribution in [3.05, 3.63) is 59.4 Å². The molecule has 1 amide bonds. The summed E-state index contributed by atoms with van der Waals surface area (Å²) in [5.74, 6) is 0.0293. The molecule has 1 aromatic carbocycles. The number of aromatic amines is 1. The molecule has 2 heterocycles. The molecule has 25 heavy (non-hydrogen) atoms. The summed E-state index contributed by atoms with van der Waals surface area (Å²) in [7, 11) is 1.83. The summed E-state index contributed by atoms with van der Waals surface area (Å²) in [6.07, 6.45) is 4.07. The summed E-state index contributed by atoms with van der Waals surface area (Å²) in [4.78, 5) is 19.4. The molecule has 0 bridgehead atoms. The average Bonchev–Trinajstić information content (AvgIpc) is 3.09. The number of H-pyrrole nitrogens is 1. The van der Waals surface area contributed by atoms with Gasteiger partial charge in [0.05, 0.1) is 17.8 Å². The molecule has 0 radical (unpaired) electrons. The zero-order valence-corrected chi connectivity index (χ0v) is 15.2. The Morgan fingerprint density at radius 3 is 2.40 bits per heavy atom. The number of benzene rings is 1. The normalized spacial score (nSPS) is 21.2. The summed E-state index contributed by atoms with van der Waals surface area (Å²) in [5.41, 5.74) is 3.12. The molecule has 1 saturated heterocycles. The number of amides is 1. The molecule has 0 saturated carbocycles. The second-order valence-corrected chi connectivity index (χ2v) is 7.03. The molecule has 5 heteroatoms. The Hall–Kier alpha value is -2.11. The van der Waals surface area contributed by atoms with Crippen LogP contribution in [0.15, 0.2) is 42.7 Å². The van der Waals surface area contributed by atoms with Gasteiger partial charge in [-0.15, -0.1) is 0 Å². The molecule has 0 aliphatic carbocycles. The maximum absolute atomic E-state index is 12.3. The van der Waals surface area contributed by atoms with Gasteiger partial charge in [-0.05, 0) is 31.0 Å². The first-order valence-corrected chi connectivity index (χ1v) is 8.85. The fourth-order valence-electron chi connectivity index (χ4n) is 3.44. The number of nitrogens with zero attached hydrogens (tertiary/aromatic N) is 2. The molecule has 2 atom stereocenters. The molecule has 3 rings (SSSR count). The number of morpholine rings is 1. The zero-order valence-electron chi connectivity index (χ0n) is 15.2. The van der Waals surface area contributed by atoms with E-state index >= 15 is 0 Å². The second-order valence-electron chi connectivity index (χ2n) is 7.03. The van der Waals surface area contributed by atoms with Crippen LogP contribution in [0.1, 0.15) is 35.3 Å². The lowest BCUT2D eigenvalue weighted by atomic mass is 10.1. The molecule has 0 unspecified atom stereocenters. The molecule has 0 spiro atoms. The highest BCUT2D eigenvalue weighted by Gasteiger charge is 2.22. The molecular weight excluding hydrogens is 314 g/mol. The highest BCUT2D eigenvalue weighted by atomic mass is 16.5. The summed E-state index contributed by atoms with van der Waals surface area (Å²) in [6.45, 7) is 7.75. The zero-order chi connectivity index (χ0) is 17.8. The van der Waals surface area contributed by atoms with Gasteiger partial charge in [0.15, 0.2) is 0 Å². The van der Waals surface area contributed by atoms with E-state index in [4.69, 9.17) is 4.74 Å². The Bertz CT molecular complexity index is 671.